The minimum absolute atomic E-state index is 0.00579. The number of benzene rings is 2. The molecule has 0 spiro atoms. The average molecular weight is 498 g/mol. The second-order valence-electron chi connectivity index (χ2n) is 7.81. The second kappa shape index (κ2) is 9.23. The number of hydrogen-bond acceptors (Lipinski definition) is 4. The molecule has 180 valence electrons. The third-order valence-corrected chi connectivity index (χ3v) is 6.09. The van der Waals surface area contributed by atoms with E-state index in [0.717, 1.165) is 25.4 Å². The topological polar surface area (TPSA) is 79.4 Å². The van der Waals surface area contributed by atoms with E-state index in [9.17, 15) is 32.3 Å². The van der Waals surface area contributed by atoms with Crippen LogP contribution in [0.15, 0.2) is 53.5 Å². The molecule has 34 heavy (non-hydrogen) atoms. The number of ether oxygens (including phenoxy) is 1. The van der Waals surface area contributed by atoms with Crippen LogP contribution in [0.2, 0.25) is 5.02 Å². The molecule has 1 aromatic heterocycles. The predicted octanol–water partition coefficient (Wildman–Crippen LogP) is 5.48. The fraction of sp³-hybridized carbons (Fsp3) is 0.250. The van der Waals surface area contributed by atoms with Crippen molar-refractivity contribution in [3.05, 3.63) is 92.1 Å². The fourth-order valence-corrected chi connectivity index (χ4v) is 4.07. The molecule has 2 N–H and O–H groups in total. The summed E-state index contributed by atoms with van der Waals surface area (Å²) in [5, 5.41) is 10.8. The molecular weight excluding hydrogens is 478 g/mol. The zero-order valence-electron chi connectivity index (χ0n) is 18.3. The lowest BCUT2D eigenvalue weighted by Gasteiger charge is -2.37. The van der Waals surface area contributed by atoms with Crippen molar-refractivity contribution in [1.29, 1.82) is 0 Å². The standard InChI is InChI=1S/C24H20ClF4NO4/c1-12-8-16(11-30-21(12)31)23(33,24(27,28)29)13(2)17-6-4-14(9-19(17)25)15-5-7-18(20(26)10-15)22(32)34-3/h4-11,13,33H,1-3H3,(H,30,31). The number of pyridine rings is 1. The first-order valence-corrected chi connectivity index (χ1v) is 10.4. The Hall–Kier alpha value is -3.17. The number of halogens is 5. The number of methoxy groups -OCH3 is 1. The van der Waals surface area contributed by atoms with Gasteiger partial charge in [0.05, 0.1) is 12.7 Å². The maximum Gasteiger partial charge on any atom is 0.422 e. The summed E-state index contributed by atoms with van der Waals surface area (Å²) in [6.45, 7) is 2.50. The van der Waals surface area contributed by atoms with Gasteiger partial charge in [0, 0.05) is 28.3 Å². The Morgan fingerprint density at radius 3 is 2.26 bits per heavy atom. The van der Waals surface area contributed by atoms with Gasteiger partial charge in [0.25, 0.3) is 5.56 Å². The molecule has 0 aliphatic heterocycles. The largest absolute Gasteiger partial charge is 0.465 e. The second-order valence-corrected chi connectivity index (χ2v) is 8.22. The summed E-state index contributed by atoms with van der Waals surface area (Å²) in [5.74, 6) is -3.26. The van der Waals surface area contributed by atoms with Crippen LogP contribution in [0.25, 0.3) is 11.1 Å². The minimum Gasteiger partial charge on any atom is -0.465 e. The number of hydrogen-bond donors (Lipinski definition) is 2. The molecule has 0 saturated heterocycles. The Balaban J connectivity index is 2.06. The number of carbonyl (C=O) groups is 1. The number of esters is 1. The monoisotopic (exact) mass is 497 g/mol. The third-order valence-electron chi connectivity index (χ3n) is 5.76. The van der Waals surface area contributed by atoms with Crippen LogP contribution in [0.4, 0.5) is 17.6 Å². The number of H-pyrrole nitrogens is 1. The molecule has 3 aromatic rings. The molecule has 2 unspecified atom stereocenters. The number of aryl methyl sites for hydroxylation is 1. The molecule has 0 bridgehead atoms. The smallest absolute Gasteiger partial charge is 0.422 e. The number of aliphatic hydroxyl groups is 1. The van der Waals surface area contributed by atoms with E-state index in [1.54, 1.807) is 0 Å². The summed E-state index contributed by atoms with van der Waals surface area (Å²) in [5.41, 5.74) is -4.04. The Kier molecular flexibility index (Phi) is 6.91. The van der Waals surface area contributed by atoms with Gasteiger partial charge in [-0.05, 0) is 47.9 Å². The van der Waals surface area contributed by atoms with Crippen LogP contribution in [0.5, 0.6) is 0 Å². The van der Waals surface area contributed by atoms with Crippen LogP contribution < -0.4 is 5.56 Å². The molecule has 2 aromatic carbocycles. The highest BCUT2D eigenvalue weighted by atomic mass is 35.5. The van der Waals surface area contributed by atoms with Crippen molar-refractivity contribution in [2.45, 2.75) is 31.5 Å². The molecule has 5 nitrogen and oxygen atoms in total. The SMILES string of the molecule is COC(=O)c1ccc(-c2ccc(C(C)C(O)(c3c[nH]c(=O)c(C)c3)C(F)(F)F)c(Cl)c2)cc1F. The molecule has 0 radical (unpaired) electrons. The Bertz CT molecular complexity index is 1300. The van der Waals surface area contributed by atoms with Gasteiger partial charge in [0.1, 0.15) is 5.82 Å². The molecule has 2 atom stereocenters. The zero-order chi connectivity index (χ0) is 25.4. The maximum atomic E-state index is 14.3. The van der Waals surface area contributed by atoms with E-state index in [1.165, 1.54) is 44.2 Å². The van der Waals surface area contributed by atoms with Crippen LogP contribution in [-0.2, 0) is 10.3 Å². The summed E-state index contributed by atoms with van der Waals surface area (Å²) >= 11 is 6.31. The van der Waals surface area contributed by atoms with Crippen molar-refractivity contribution in [2.24, 2.45) is 0 Å². The lowest BCUT2D eigenvalue weighted by atomic mass is 9.77. The summed E-state index contributed by atoms with van der Waals surface area (Å²) in [4.78, 5) is 25.4. The summed E-state index contributed by atoms with van der Waals surface area (Å²) < 4.78 is 61.2. The lowest BCUT2D eigenvalue weighted by molar-refractivity contribution is -0.274. The average Bonchev–Trinajstić information content (AvgIpc) is 2.78. The lowest BCUT2D eigenvalue weighted by Crippen LogP contribution is -2.47. The molecule has 0 fully saturated rings. The van der Waals surface area contributed by atoms with Gasteiger partial charge in [0.15, 0.2) is 5.60 Å². The minimum atomic E-state index is -5.11. The number of aromatic amines is 1. The van der Waals surface area contributed by atoms with Gasteiger partial charge < -0.3 is 14.8 Å². The van der Waals surface area contributed by atoms with Gasteiger partial charge in [0.2, 0.25) is 0 Å². The van der Waals surface area contributed by atoms with Crippen LogP contribution in [0, 0.1) is 12.7 Å². The highest BCUT2D eigenvalue weighted by molar-refractivity contribution is 6.31. The first-order valence-electron chi connectivity index (χ1n) is 9.97. The summed E-state index contributed by atoms with van der Waals surface area (Å²) in [6, 6.07) is 8.81. The van der Waals surface area contributed by atoms with Crippen LogP contribution in [0.3, 0.4) is 0 Å². The van der Waals surface area contributed by atoms with E-state index < -0.39 is 40.6 Å². The van der Waals surface area contributed by atoms with Crippen molar-refractivity contribution in [3.63, 3.8) is 0 Å². The van der Waals surface area contributed by atoms with E-state index in [1.807, 2.05) is 0 Å². The van der Waals surface area contributed by atoms with Gasteiger partial charge in [-0.15, -0.1) is 0 Å². The molecular formula is C24H20ClF4NO4. The molecule has 1 heterocycles. The summed E-state index contributed by atoms with van der Waals surface area (Å²) in [7, 11) is 1.12. The number of carbonyl (C=O) groups excluding carboxylic acids is 1. The summed E-state index contributed by atoms with van der Waals surface area (Å²) in [6.07, 6.45) is -4.28. The number of aromatic nitrogens is 1. The van der Waals surface area contributed by atoms with E-state index >= 15 is 0 Å². The van der Waals surface area contributed by atoms with Crippen molar-refractivity contribution in [1.82, 2.24) is 4.98 Å². The number of rotatable bonds is 5. The highest BCUT2D eigenvalue weighted by Crippen LogP contribution is 2.49. The maximum absolute atomic E-state index is 14.3. The van der Waals surface area contributed by atoms with E-state index in [-0.39, 0.29) is 21.7 Å². The van der Waals surface area contributed by atoms with Gasteiger partial charge in [-0.2, -0.15) is 13.2 Å². The molecule has 0 amide bonds. The van der Waals surface area contributed by atoms with E-state index in [2.05, 4.69) is 9.72 Å². The Morgan fingerprint density at radius 2 is 1.74 bits per heavy atom. The Labute approximate surface area is 197 Å². The molecule has 3 rings (SSSR count). The van der Waals surface area contributed by atoms with E-state index in [0.29, 0.717) is 11.1 Å². The van der Waals surface area contributed by atoms with E-state index in [4.69, 9.17) is 11.6 Å². The normalized spacial score (nSPS) is 14.4. The van der Waals surface area contributed by atoms with Gasteiger partial charge in [-0.25, -0.2) is 9.18 Å². The third kappa shape index (κ3) is 4.45. The quantitative estimate of drug-likeness (QED) is 0.361. The number of alkyl halides is 3. The predicted molar refractivity (Wildman–Crippen MR) is 118 cm³/mol. The van der Waals surface area contributed by atoms with Crippen molar-refractivity contribution in [3.8, 4) is 11.1 Å². The molecule has 0 saturated carbocycles. The van der Waals surface area contributed by atoms with Gasteiger partial charge >= 0.3 is 12.1 Å². The molecule has 0 aliphatic carbocycles. The van der Waals surface area contributed by atoms with Crippen molar-refractivity contribution in [2.75, 3.05) is 7.11 Å². The first kappa shape index (κ1) is 25.5. The fourth-order valence-electron chi connectivity index (χ4n) is 3.73. The molecule has 10 heteroatoms. The van der Waals surface area contributed by atoms with Crippen molar-refractivity contribution < 1.29 is 32.2 Å². The van der Waals surface area contributed by atoms with Gasteiger partial charge in [-0.1, -0.05) is 36.7 Å². The van der Waals surface area contributed by atoms with Crippen LogP contribution in [-0.4, -0.2) is 29.3 Å². The van der Waals surface area contributed by atoms with Gasteiger partial charge in [-0.3, -0.25) is 4.79 Å². The van der Waals surface area contributed by atoms with Crippen LogP contribution in [0.1, 0.15) is 39.9 Å². The first-order chi connectivity index (χ1) is 15.8. The van der Waals surface area contributed by atoms with Crippen LogP contribution >= 0.6 is 11.6 Å². The molecule has 0 aliphatic rings. The number of nitrogens with one attached hydrogen (secondary N) is 1. The Morgan fingerprint density at radius 1 is 1.12 bits per heavy atom. The van der Waals surface area contributed by atoms with Crippen molar-refractivity contribution >= 4 is 17.6 Å². The highest BCUT2D eigenvalue weighted by Gasteiger charge is 2.59. The zero-order valence-corrected chi connectivity index (χ0v) is 19.0.